The number of hydrogen-bond donors (Lipinski definition) is 3. The minimum Gasteiger partial charge on any atom is -0.492 e. The van der Waals surface area contributed by atoms with Crippen LogP contribution in [-0.4, -0.2) is 29.2 Å². The topological polar surface area (TPSA) is 79.0 Å². The summed E-state index contributed by atoms with van der Waals surface area (Å²) in [6, 6.07) is 19.2. The Bertz CT molecular complexity index is 1120. The van der Waals surface area contributed by atoms with E-state index in [0.717, 1.165) is 22.0 Å². The van der Waals surface area contributed by atoms with E-state index in [1.54, 1.807) is 6.20 Å². The fraction of sp³-hybridized carbons (Fsp3) is 0.167. The summed E-state index contributed by atoms with van der Waals surface area (Å²) in [4.78, 5) is 20.2. The number of carbonyl (C=O) groups is 1. The van der Waals surface area contributed by atoms with Crippen molar-refractivity contribution in [1.82, 2.24) is 15.3 Å². The van der Waals surface area contributed by atoms with Crippen molar-refractivity contribution in [3.05, 3.63) is 90.4 Å². The molecule has 2 amide bonds. The van der Waals surface area contributed by atoms with Crippen molar-refractivity contribution in [3.63, 3.8) is 0 Å². The van der Waals surface area contributed by atoms with Crippen LogP contribution in [0.4, 0.5) is 10.5 Å². The van der Waals surface area contributed by atoms with Crippen LogP contribution in [0.5, 0.6) is 5.75 Å². The maximum Gasteiger partial charge on any atom is 0.319 e. The number of rotatable bonds is 7. The second kappa shape index (κ2) is 9.13. The number of aromatic nitrogens is 2. The Morgan fingerprint density at radius 3 is 2.77 bits per heavy atom. The van der Waals surface area contributed by atoms with Gasteiger partial charge >= 0.3 is 6.03 Å². The number of amides is 2. The lowest BCUT2D eigenvalue weighted by Crippen LogP contribution is -2.32. The van der Waals surface area contributed by atoms with Crippen molar-refractivity contribution in [1.29, 1.82) is 0 Å². The Morgan fingerprint density at radius 2 is 1.93 bits per heavy atom. The zero-order chi connectivity index (χ0) is 20.8. The Balaban J connectivity index is 1.54. The lowest BCUT2D eigenvalue weighted by atomic mass is 9.92. The van der Waals surface area contributed by atoms with Crippen molar-refractivity contribution < 1.29 is 9.53 Å². The highest BCUT2D eigenvalue weighted by Crippen LogP contribution is 2.30. The molecule has 0 fully saturated rings. The Hall–Kier alpha value is -3.80. The van der Waals surface area contributed by atoms with Crippen LogP contribution in [0.1, 0.15) is 24.0 Å². The maximum absolute atomic E-state index is 12.6. The van der Waals surface area contributed by atoms with Gasteiger partial charge in [0.25, 0.3) is 0 Å². The molecular weight excluding hydrogens is 376 g/mol. The number of nitrogens with zero attached hydrogens (tertiary/aromatic N) is 1. The summed E-state index contributed by atoms with van der Waals surface area (Å²) in [6.45, 7) is 2.87. The number of benzene rings is 2. The first-order valence-electron chi connectivity index (χ1n) is 9.99. The molecule has 3 N–H and O–H groups in total. The van der Waals surface area contributed by atoms with Gasteiger partial charge in [0, 0.05) is 42.0 Å². The van der Waals surface area contributed by atoms with E-state index >= 15 is 0 Å². The standard InChI is InChI=1S/C24H24N4O2/c1-2-30-23-12-6-5-11-22(23)28-24(29)27-15-19(17-8-7-13-25-14-17)20-16-26-21-10-4-3-9-18(20)21/h3-14,16,19,26H,2,15H2,1H3,(H2,27,28,29)/t19-/m0/s1. The molecule has 6 nitrogen and oxygen atoms in total. The second-order valence-electron chi connectivity index (χ2n) is 6.89. The normalized spacial score (nSPS) is 11.8. The van der Waals surface area contributed by atoms with Gasteiger partial charge in [-0.2, -0.15) is 0 Å². The predicted octanol–water partition coefficient (Wildman–Crippen LogP) is 4.92. The van der Waals surface area contributed by atoms with Crippen LogP contribution in [0, 0.1) is 0 Å². The zero-order valence-electron chi connectivity index (χ0n) is 16.8. The monoisotopic (exact) mass is 400 g/mol. The predicted molar refractivity (Wildman–Crippen MR) is 119 cm³/mol. The van der Waals surface area contributed by atoms with E-state index in [2.05, 4.69) is 26.7 Å². The molecule has 0 bridgehead atoms. The quantitative estimate of drug-likeness (QED) is 0.412. The summed E-state index contributed by atoms with van der Waals surface area (Å²) in [6.07, 6.45) is 5.60. The van der Waals surface area contributed by atoms with Crippen LogP contribution < -0.4 is 15.4 Å². The van der Waals surface area contributed by atoms with Crippen molar-refractivity contribution in [2.24, 2.45) is 0 Å². The fourth-order valence-corrected chi connectivity index (χ4v) is 3.58. The summed E-state index contributed by atoms with van der Waals surface area (Å²) in [5.74, 6) is 0.610. The van der Waals surface area contributed by atoms with Crippen molar-refractivity contribution >= 4 is 22.6 Å². The minimum atomic E-state index is -0.282. The van der Waals surface area contributed by atoms with Gasteiger partial charge in [-0.3, -0.25) is 4.98 Å². The fourth-order valence-electron chi connectivity index (χ4n) is 3.58. The number of anilines is 1. The first-order valence-corrected chi connectivity index (χ1v) is 9.99. The van der Waals surface area contributed by atoms with E-state index in [4.69, 9.17) is 4.74 Å². The molecule has 30 heavy (non-hydrogen) atoms. The number of pyridine rings is 1. The molecule has 4 aromatic rings. The number of aromatic amines is 1. The van der Waals surface area contributed by atoms with E-state index < -0.39 is 0 Å². The molecule has 0 aliphatic rings. The molecule has 6 heteroatoms. The van der Waals surface area contributed by atoms with Crippen LogP contribution in [0.15, 0.2) is 79.3 Å². The van der Waals surface area contributed by atoms with Crippen LogP contribution in [0.2, 0.25) is 0 Å². The highest BCUT2D eigenvalue weighted by Gasteiger charge is 2.19. The van der Waals surface area contributed by atoms with Crippen LogP contribution in [0.25, 0.3) is 10.9 Å². The third-order valence-electron chi connectivity index (χ3n) is 4.99. The number of nitrogens with one attached hydrogen (secondary N) is 3. The second-order valence-corrected chi connectivity index (χ2v) is 6.89. The molecule has 2 heterocycles. The zero-order valence-corrected chi connectivity index (χ0v) is 16.8. The van der Waals surface area contributed by atoms with Gasteiger partial charge in [0.2, 0.25) is 0 Å². The van der Waals surface area contributed by atoms with Gasteiger partial charge in [0.05, 0.1) is 12.3 Å². The van der Waals surface area contributed by atoms with Gasteiger partial charge in [-0.25, -0.2) is 4.79 Å². The third-order valence-corrected chi connectivity index (χ3v) is 4.99. The third kappa shape index (κ3) is 4.27. The molecule has 0 radical (unpaired) electrons. The van der Waals surface area contributed by atoms with Gasteiger partial charge < -0.3 is 20.4 Å². The number of ether oxygens (including phenoxy) is 1. The van der Waals surface area contributed by atoms with Crippen LogP contribution >= 0.6 is 0 Å². The highest BCUT2D eigenvalue weighted by molar-refractivity contribution is 5.91. The smallest absolute Gasteiger partial charge is 0.319 e. The van der Waals surface area contributed by atoms with E-state index in [0.29, 0.717) is 24.6 Å². The van der Waals surface area contributed by atoms with Gasteiger partial charge in [0.1, 0.15) is 5.75 Å². The van der Waals surface area contributed by atoms with Crippen LogP contribution in [0.3, 0.4) is 0 Å². The first kappa shape index (κ1) is 19.5. The van der Waals surface area contributed by atoms with Crippen molar-refractivity contribution in [3.8, 4) is 5.75 Å². The molecule has 152 valence electrons. The average Bonchev–Trinajstić information content (AvgIpc) is 3.20. The minimum absolute atomic E-state index is 0.0391. The van der Waals surface area contributed by atoms with E-state index in [1.165, 1.54) is 0 Å². The average molecular weight is 400 g/mol. The van der Waals surface area contributed by atoms with Gasteiger partial charge in [-0.05, 0) is 42.3 Å². The van der Waals surface area contributed by atoms with Gasteiger partial charge in [-0.1, -0.05) is 36.4 Å². The summed E-state index contributed by atoms with van der Waals surface area (Å²) in [7, 11) is 0. The molecule has 2 aromatic carbocycles. The largest absolute Gasteiger partial charge is 0.492 e. The Kier molecular flexibility index (Phi) is 5.94. The molecule has 2 aromatic heterocycles. The first-order chi connectivity index (χ1) is 14.8. The van der Waals surface area contributed by atoms with Crippen molar-refractivity contribution in [2.45, 2.75) is 12.8 Å². The molecule has 0 aliphatic heterocycles. The van der Waals surface area contributed by atoms with Crippen molar-refractivity contribution in [2.75, 3.05) is 18.5 Å². The molecule has 0 unspecified atom stereocenters. The van der Waals surface area contributed by atoms with E-state index in [9.17, 15) is 4.79 Å². The molecule has 0 spiro atoms. The van der Waals surface area contributed by atoms with E-state index in [-0.39, 0.29) is 11.9 Å². The number of H-pyrrole nitrogens is 1. The van der Waals surface area contributed by atoms with E-state index in [1.807, 2.05) is 73.9 Å². The molecule has 4 rings (SSSR count). The number of para-hydroxylation sites is 3. The Labute approximate surface area is 175 Å². The number of urea groups is 1. The van der Waals surface area contributed by atoms with Gasteiger partial charge in [0.15, 0.2) is 0 Å². The van der Waals surface area contributed by atoms with Crippen LogP contribution in [-0.2, 0) is 0 Å². The maximum atomic E-state index is 12.6. The lowest BCUT2D eigenvalue weighted by Gasteiger charge is -2.18. The highest BCUT2D eigenvalue weighted by atomic mass is 16.5. The molecule has 0 saturated carbocycles. The molecule has 0 saturated heterocycles. The Morgan fingerprint density at radius 1 is 1.10 bits per heavy atom. The van der Waals surface area contributed by atoms with Gasteiger partial charge in [-0.15, -0.1) is 0 Å². The summed E-state index contributed by atoms with van der Waals surface area (Å²) in [5, 5.41) is 7.03. The number of hydrogen-bond acceptors (Lipinski definition) is 3. The lowest BCUT2D eigenvalue weighted by molar-refractivity contribution is 0.251. The molecular formula is C24H24N4O2. The molecule has 1 atom stereocenters. The summed E-state index contributed by atoms with van der Waals surface area (Å²) >= 11 is 0. The SMILES string of the molecule is CCOc1ccccc1NC(=O)NC[C@@H](c1cccnc1)c1c[nH]c2ccccc12. The summed E-state index contributed by atoms with van der Waals surface area (Å²) < 4.78 is 5.58. The number of carbonyl (C=O) groups excluding carboxylic acids is 1. The summed E-state index contributed by atoms with van der Waals surface area (Å²) in [5.41, 5.74) is 3.87. The number of fused-ring (bicyclic) bond motifs is 1. The molecule has 0 aliphatic carbocycles.